The molecule has 1 aliphatic rings. The summed E-state index contributed by atoms with van der Waals surface area (Å²) >= 11 is 0. The molecule has 2 unspecified atom stereocenters. The lowest BCUT2D eigenvalue weighted by Gasteiger charge is -2.23. The van der Waals surface area contributed by atoms with E-state index in [1.54, 1.807) is 17.0 Å². The Morgan fingerprint density at radius 1 is 1.58 bits per heavy atom. The van der Waals surface area contributed by atoms with E-state index < -0.39 is 6.04 Å². The lowest BCUT2D eigenvalue weighted by molar-refractivity contribution is -0.120. The van der Waals surface area contributed by atoms with Crippen LogP contribution in [-0.2, 0) is 4.79 Å². The second-order valence-corrected chi connectivity index (χ2v) is 4.74. The van der Waals surface area contributed by atoms with E-state index in [4.69, 9.17) is 5.26 Å². The molecule has 1 amide bonds. The number of hydrogen-bond donors (Lipinski definition) is 1. The number of carbonyl (C=O) groups excluding carboxylic acids is 1. The van der Waals surface area contributed by atoms with Crippen molar-refractivity contribution in [2.24, 2.45) is 0 Å². The zero-order valence-electron chi connectivity index (χ0n) is 10.8. The molecule has 1 aromatic rings. The van der Waals surface area contributed by atoms with E-state index in [0.717, 1.165) is 6.42 Å². The molecule has 0 radical (unpaired) electrons. The molecule has 0 saturated carbocycles. The Morgan fingerprint density at radius 3 is 3.05 bits per heavy atom. The van der Waals surface area contributed by atoms with E-state index in [1.165, 1.54) is 12.1 Å². The Kier molecular flexibility index (Phi) is 4.13. The summed E-state index contributed by atoms with van der Waals surface area (Å²) in [6.45, 7) is 2.51. The first-order valence-corrected chi connectivity index (χ1v) is 6.31. The second-order valence-electron chi connectivity index (χ2n) is 4.74. The number of nitriles is 1. The number of amides is 1. The summed E-state index contributed by atoms with van der Waals surface area (Å²) in [5.74, 6) is -0.538. The van der Waals surface area contributed by atoms with Crippen LogP contribution in [0.4, 0.5) is 10.1 Å². The summed E-state index contributed by atoms with van der Waals surface area (Å²) < 4.78 is 13.3. The van der Waals surface area contributed by atoms with Crippen molar-refractivity contribution in [3.63, 3.8) is 0 Å². The van der Waals surface area contributed by atoms with Crippen molar-refractivity contribution in [1.82, 2.24) is 5.32 Å². The monoisotopic (exact) mass is 261 g/mol. The predicted molar refractivity (Wildman–Crippen MR) is 70.0 cm³/mol. The van der Waals surface area contributed by atoms with Crippen LogP contribution in [0.2, 0.25) is 0 Å². The first-order valence-electron chi connectivity index (χ1n) is 6.31. The van der Waals surface area contributed by atoms with Gasteiger partial charge in [-0.1, -0.05) is 6.07 Å². The molecule has 1 aliphatic heterocycles. The molecule has 1 N–H and O–H groups in total. The molecule has 1 fully saturated rings. The molecule has 19 heavy (non-hydrogen) atoms. The number of benzene rings is 1. The van der Waals surface area contributed by atoms with Crippen LogP contribution in [0.15, 0.2) is 24.3 Å². The minimum absolute atomic E-state index is 0.120. The molecule has 2 rings (SSSR count). The van der Waals surface area contributed by atoms with E-state index >= 15 is 0 Å². The van der Waals surface area contributed by atoms with Crippen molar-refractivity contribution in [3.8, 4) is 6.07 Å². The third-order valence-corrected chi connectivity index (χ3v) is 3.25. The van der Waals surface area contributed by atoms with Crippen LogP contribution in [0.5, 0.6) is 0 Å². The third kappa shape index (κ3) is 3.09. The van der Waals surface area contributed by atoms with E-state index in [9.17, 15) is 9.18 Å². The van der Waals surface area contributed by atoms with Gasteiger partial charge in [-0.05, 0) is 31.5 Å². The summed E-state index contributed by atoms with van der Waals surface area (Å²) in [4.78, 5) is 13.9. The summed E-state index contributed by atoms with van der Waals surface area (Å²) in [6, 6.07) is 7.63. The van der Waals surface area contributed by atoms with Crippen molar-refractivity contribution in [2.45, 2.75) is 31.8 Å². The first kappa shape index (κ1) is 13.5. The highest BCUT2D eigenvalue weighted by atomic mass is 19.1. The Balaban J connectivity index is 2.28. The fourth-order valence-electron chi connectivity index (χ4n) is 2.26. The molecule has 0 spiro atoms. The van der Waals surface area contributed by atoms with Crippen molar-refractivity contribution >= 4 is 11.6 Å². The Labute approximate surface area is 111 Å². The number of hydrogen-bond acceptors (Lipinski definition) is 3. The highest BCUT2D eigenvalue weighted by Crippen LogP contribution is 2.20. The number of nitrogens with one attached hydrogen (secondary N) is 1. The topological polar surface area (TPSA) is 56.1 Å². The zero-order chi connectivity index (χ0) is 13.8. The fourth-order valence-corrected chi connectivity index (χ4v) is 2.26. The van der Waals surface area contributed by atoms with Gasteiger partial charge in [-0.3, -0.25) is 4.79 Å². The number of anilines is 1. The lowest BCUT2D eigenvalue weighted by Crippen LogP contribution is -2.45. The van der Waals surface area contributed by atoms with E-state index in [2.05, 4.69) is 5.32 Å². The van der Waals surface area contributed by atoms with Crippen LogP contribution < -0.4 is 10.2 Å². The average molecular weight is 261 g/mol. The van der Waals surface area contributed by atoms with Crippen LogP contribution in [-0.4, -0.2) is 24.5 Å². The van der Waals surface area contributed by atoms with Gasteiger partial charge in [-0.2, -0.15) is 5.26 Å². The van der Waals surface area contributed by atoms with Gasteiger partial charge < -0.3 is 10.2 Å². The van der Waals surface area contributed by atoms with Gasteiger partial charge in [0.2, 0.25) is 5.91 Å². The van der Waals surface area contributed by atoms with Crippen LogP contribution >= 0.6 is 0 Å². The van der Waals surface area contributed by atoms with Crippen molar-refractivity contribution in [2.75, 3.05) is 11.4 Å². The molecule has 100 valence electrons. The Bertz CT molecular complexity index is 512. The molecule has 1 saturated heterocycles. The van der Waals surface area contributed by atoms with Crippen molar-refractivity contribution in [3.05, 3.63) is 30.1 Å². The molecule has 1 heterocycles. The SMILES string of the molecule is CC1CCN(c2cccc(F)c2)C(=O)C(CC#N)N1. The Morgan fingerprint density at radius 2 is 2.37 bits per heavy atom. The van der Waals surface area contributed by atoms with Gasteiger partial charge in [0.15, 0.2) is 0 Å². The summed E-state index contributed by atoms with van der Waals surface area (Å²) in [7, 11) is 0. The molecule has 4 nitrogen and oxygen atoms in total. The van der Waals surface area contributed by atoms with E-state index in [0.29, 0.717) is 12.2 Å². The molecular formula is C14H16FN3O. The van der Waals surface area contributed by atoms with Gasteiger partial charge in [0, 0.05) is 18.3 Å². The van der Waals surface area contributed by atoms with Gasteiger partial charge in [-0.15, -0.1) is 0 Å². The highest BCUT2D eigenvalue weighted by Gasteiger charge is 2.30. The van der Waals surface area contributed by atoms with Crippen molar-refractivity contribution in [1.29, 1.82) is 5.26 Å². The molecule has 0 bridgehead atoms. The normalized spacial score (nSPS) is 23.8. The maximum Gasteiger partial charge on any atom is 0.245 e. The average Bonchev–Trinajstić information content (AvgIpc) is 2.51. The standard InChI is InChI=1S/C14H16FN3O/c1-10-6-8-18(12-4-2-3-11(15)9-12)14(19)13(17-10)5-7-16/h2-4,9-10,13,17H,5-6,8H2,1H3. The molecule has 5 heteroatoms. The Hall–Kier alpha value is -1.93. The maximum atomic E-state index is 13.3. The summed E-state index contributed by atoms with van der Waals surface area (Å²) in [5.41, 5.74) is 0.545. The van der Waals surface area contributed by atoms with Gasteiger partial charge in [-0.25, -0.2) is 4.39 Å². The number of halogens is 1. The van der Waals surface area contributed by atoms with Gasteiger partial charge in [0.05, 0.1) is 12.5 Å². The van der Waals surface area contributed by atoms with E-state index in [-0.39, 0.29) is 24.2 Å². The highest BCUT2D eigenvalue weighted by molar-refractivity contribution is 5.97. The third-order valence-electron chi connectivity index (χ3n) is 3.25. The quantitative estimate of drug-likeness (QED) is 0.883. The second kappa shape index (κ2) is 5.81. The molecule has 2 atom stereocenters. The number of carbonyl (C=O) groups is 1. The minimum Gasteiger partial charge on any atom is -0.311 e. The van der Waals surface area contributed by atoms with Crippen LogP contribution in [0.25, 0.3) is 0 Å². The van der Waals surface area contributed by atoms with Gasteiger partial charge in [0.25, 0.3) is 0 Å². The number of rotatable bonds is 2. The molecular weight excluding hydrogens is 245 g/mol. The summed E-state index contributed by atoms with van der Waals surface area (Å²) in [6.07, 6.45) is 0.888. The van der Waals surface area contributed by atoms with E-state index in [1.807, 2.05) is 13.0 Å². The fraction of sp³-hybridized carbons (Fsp3) is 0.429. The largest absolute Gasteiger partial charge is 0.311 e. The number of nitrogens with zero attached hydrogens (tertiary/aromatic N) is 2. The summed E-state index contributed by atoms with van der Waals surface area (Å²) in [5, 5.41) is 11.9. The van der Waals surface area contributed by atoms with Crippen molar-refractivity contribution < 1.29 is 9.18 Å². The predicted octanol–water partition coefficient (Wildman–Crippen LogP) is 1.82. The van der Waals surface area contributed by atoms with Gasteiger partial charge in [0.1, 0.15) is 11.9 Å². The lowest BCUT2D eigenvalue weighted by atomic mass is 10.1. The molecule has 0 aromatic heterocycles. The molecule has 0 aliphatic carbocycles. The van der Waals surface area contributed by atoms with Crippen LogP contribution in [0.3, 0.4) is 0 Å². The first-order chi connectivity index (χ1) is 9.11. The van der Waals surface area contributed by atoms with Gasteiger partial charge >= 0.3 is 0 Å². The smallest absolute Gasteiger partial charge is 0.245 e. The minimum atomic E-state index is -0.522. The maximum absolute atomic E-state index is 13.3. The zero-order valence-corrected chi connectivity index (χ0v) is 10.8. The van der Waals surface area contributed by atoms with Crippen LogP contribution in [0, 0.1) is 17.1 Å². The molecule has 1 aromatic carbocycles. The van der Waals surface area contributed by atoms with Crippen LogP contribution in [0.1, 0.15) is 19.8 Å².